The minimum atomic E-state index is -0.872. The second kappa shape index (κ2) is 8.14. The number of halogens is 1. The van der Waals surface area contributed by atoms with Gasteiger partial charge in [-0.1, -0.05) is 17.7 Å². The summed E-state index contributed by atoms with van der Waals surface area (Å²) < 4.78 is 0. The van der Waals surface area contributed by atoms with Gasteiger partial charge in [-0.25, -0.2) is 0 Å². The molecule has 0 saturated heterocycles. The number of carbonyl (C=O) groups excluding carboxylic acids is 1. The Kier molecular flexibility index (Phi) is 6.82. The van der Waals surface area contributed by atoms with Gasteiger partial charge in [0.1, 0.15) is 0 Å². The van der Waals surface area contributed by atoms with E-state index in [0.717, 1.165) is 0 Å². The molecule has 0 aliphatic heterocycles. The average molecular weight is 324 g/mol. The monoisotopic (exact) mass is 323 g/mol. The maximum absolute atomic E-state index is 12.5. The van der Waals surface area contributed by atoms with Crippen LogP contribution in [0.2, 0.25) is 5.02 Å². The Balaban J connectivity index is 2.83. The van der Waals surface area contributed by atoms with Crippen molar-refractivity contribution >= 4 is 23.2 Å². The number of carbonyl (C=O) groups is 1. The van der Waals surface area contributed by atoms with Crippen LogP contribution in [-0.2, 0) is 4.79 Å². The Morgan fingerprint density at radius 1 is 1.45 bits per heavy atom. The van der Waals surface area contributed by atoms with Crippen LogP contribution in [0.4, 0.5) is 5.69 Å². The lowest BCUT2D eigenvalue weighted by atomic mass is 10.1. The van der Waals surface area contributed by atoms with Gasteiger partial charge in [-0.2, -0.15) is 5.26 Å². The quantitative estimate of drug-likeness (QED) is 0.836. The summed E-state index contributed by atoms with van der Waals surface area (Å²) in [6, 6.07) is 9.04. The molecule has 0 fully saturated rings. The molecule has 1 amide bonds. The van der Waals surface area contributed by atoms with E-state index in [-0.39, 0.29) is 18.9 Å². The van der Waals surface area contributed by atoms with E-state index in [1.165, 1.54) is 0 Å². The summed E-state index contributed by atoms with van der Waals surface area (Å²) in [6.45, 7) is 4.23. The van der Waals surface area contributed by atoms with Gasteiger partial charge in [0.05, 0.1) is 24.6 Å². The molecule has 1 N–H and O–H groups in total. The topological polar surface area (TPSA) is 67.6 Å². The van der Waals surface area contributed by atoms with Gasteiger partial charge in [0.25, 0.3) is 0 Å². The van der Waals surface area contributed by atoms with Crippen molar-refractivity contribution in [3.8, 4) is 6.07 Å². The lowest BCUT2D eigenvalue weighted by Crippen LogP contribution is -2.44. The van der Waals surface area contributed by atoms with Crippen LogP contribution in [0.5, 0.6) is 0 Å². The van der Waals surface area contributed by atoms with Crippen molar-refractivity contribution < 1.29 is 9.90 Å². The van der Waals surface area contributed by atoms with E-state index in [4.69, 9.17) is 16.9 Å². The van der Waals surface area contributed by atoms with E-state index in [9.17, 15) is 9.90 Å². The van der Waals surface area contributed by atoms with Gasteiger partial charge in [0, 0.05) is 23.8 Å². The minimum Gasteiger partial charge on any atom is -0.389 e. The Labute approximate surface area is 136 Å². The molecule has 22 heavy (non-hydrogen) atoms. The van der Waals surface area contributed by atoms with Crippen molar-refractivity contribution in [2.24, 2.45) is 0 Å². The predicted molar refractivity (Wildman–Crippen MR) is 87.8 cm³/mol. The van der Waals surface area contributed by atoms with E-state index in [1.807, 2.05) is 6.07 Å². The predicted octanol–water partition coefficient (Wildman–Crippen LogP) is 2.29. The summed E-state index contributed by atoms with van der Waals surface area (Å²) in [5.41, 5.74) is -0.202. The van der Waals surface area contributed by atoms with E-state index in [1.54, 1.807) is 55.0 Å². The van der Waals surface area contributed by atoms with Gasteiger partial charge >= 0.3 is 0 Å². The van der Waals surface area contributed by atoms with E-state index >= 15 is 0 Å². The molecule has 0 radical (unpaired) electrons. The van der Waals surface area contributed by atoms with Crippen molar-refractivity contribution in [2.45, 2.75) is 25.9 Å². The largest absolute Gasteiger partial charge is 0.389 e. The number of anilines is 1. The molecule has 6 heteroatoms. The SMILES string of the molecule is CN(CC(=O)N(CCC#N)c1cccc(Cl)c1)CC(C)(C)O. The number of nitriles is 1. The summed E-state index contributed by atoms with van der Waals surface area (Å²) in [6.07, 6.45) is 0.244. The van der Waals surface area contributed by atoms with E-state index < -0.39 is 5.60 Å². The van der Waals surface area contributed by atoms with Crippen LogP contribution in [-0.4, -0.2) is 48.2 Å². The lowest BCUT2D eigenvalue weighted by Gasteiger charge is -2.28. The van der Waals surface area contributed by atoms with Crippen molar-refractivity contribution in [1.82, 2.24) is 4.90 Å². The number of hydrogen-bond donors (Lipinski definition) is 1. The average Bonchev–Trinajstić information content (AvgIpc) is 2.36. The number of amides is 1. The van der Waals surface area contributed by atoms with Crippen LogP contribution in [0.3, 0.4) is 0 Å². The molecule has 1 aromatic rings. The van der Waals surface area contributed by atoms with Crippen LogP contribution in [0.15, 0.2) is 24.3 Å². The highest BCUT2D eigenvalue weighted by atomic mass is 35.5. The first-order chi connectivity index (χ1) is 10.2. The summed E-state index contributed by atoms with van der Waals surface area (Å²) >= 11 is 5.97. The van der Waals surface area contributed by atoms with Crippen molar-refractivity contribution in [3.05, 3.63) is 29.3 Å². The highest BCUT2D eigenvalue weighted by molar-refractivity contribution is 6.30. The van der Waals surface area contributed by atoms with Crippen LogP contribution >= 0.6 is 11.6 Å². The number of likely N-dealkylation sites (N-methyl/N-ethyl adjacent to an activating group) is 1. The van der Waals surface area contributed by atoms with Crippen molar-refractivity contribution in [2.75, 3.05) is 31.6 Å². The number of rotatable bonds is 7. The third-order valence-electron chi connectivity index (χ3n) is 2.93. The lowest BCUT2D eigenvalue weighted by molar-refractivity contribution is -0.119. The highest BCUT2D eigenvalue weighted by Gasteiger charge is 2.21. The summed E-state index contributed by atoms with van der Waals surface area (Å²) in [5, 5.41) is 19.1. The molecule has 0 spiro atoms. The summed E-state index contributed by atoms with van der Waals surface area (Å²) in [4.78, 5) is 15.8. The fraction of sp³-hybridized carbons (Fsp3) is 0.500. The summed E-state index contributed by atoms with van der Waals surface area (Å²) in [5.74, 6) is -0.135. The van der Waals surface area contributed by atoms with Gasteiger partial charge in [-0.05, 0) is 39.1 Å². The molecule has 0 atom stereocenters. The van der Waals surface area contributed by atoms with Gasteiger partial charge in [0.15, 0.2) is 0 Å². The molecule has 0 aliphatic carbocycles. The smallest absolute Gasteiger partial charge is 0.241 e. The van der Waals surface area contributed by atoms with Crippen LogP contribution in [0.25, 0.3) is 0 Å². The zero-order valence-corrected chi connectivity index (χ0v) is 14.0. The van der Waals surface area contributed by atoms with Gasteiger partial charge in [0.2, 0.25) is 5.91 Å². The minimum absolute atomic E-state index is 0.135. The molecule has 0 heterocycles. The first kappa shape index (κ1) is 18.4. The highest BCUT2D eigenvalue weighted by Crippen LogP contribution is 2.20. The fourth-order valence-corrected chi connectivity index (χ4v) is 2.42. The van der Waals surface area contributed by atoms with Gasteiger partial charge in [-0.3, -0.25) is 9.69 Å². The molecular weight excluding hydrogens is 302 g/mol. The molecule has 1 rings (SSSR count). The maximum Gasteiger partial charge on any atom is 0.241 e. The first-order valence-corrected chi connectivity index (χ1v) is 7.44. The normalized spacial score (nSPS) is 11.3. The Hall–Kier alpha value is -1.61. The molecule has 1 aromatic carbocycles. The molecule has 0 aromatic heterocycles. The Morgan fingerprint density at radius 3 is 2.68 bits per heavy atom. The fourth-order valence-electron chi connectivity index (χ4n) is 2.24. The zero-order chi connectivity index (χ0) is 16.8. The number of benzene rings is 1. The van der Waals surface area contributed by atoms with E-state index in [2.05, 4.69) is 0 Å². The van der Waals surface area contributed by atoms with Crippen LogP contribution in [0, 0.1) is 11.3 Å². The molecular formula is C16H22ClN3O2. The van der Waals surface area contributed by atoms with Crippen LogP contribution < -0.4 is 4.90 Å². The summed E-state index contributed by atoms with van der Waals surface area (Å²) in [7, 11) is 1.77. The number of aliphatic hydroxyl groups is 1. The van der Waals surface area contributed by atoms with Crippen molar-refractivity contribution in [3.63, 3.8) is 0 Å². The molecule has 0 saturated carbocycles. The molecule has 0 aliphatic rings. The molecule has 120 valence electrons. The van der Waals surface area contributed by atoms with Gasteiger partial charge in [-0.15, -0.1) is 0 Å². The van der Waals surface area contributed by atoms with Gasteiger partial charge < -0.3 is 10.0 Å². The van der Waals surface area contributed by atoms with Crippen molar-refractivity contribution in [1.29, 1.82) is 5.26 Å². The third kappa shape index (κ3) is 6.44. The van der Waals surface area contributed by atoms with E-state index in [0.29, 0.717) is 23.8 Å². The molecule has 0 unspecified atom stereocenters. The molecule has 0 bridgehead atoms. The second-order valence-corrected chi connectivity index (χ2v) is 6.35. The molecule has 5 nitrogen and oxygen atoms in total. The number of hydrogen-bond acceptors (Lipinski definition) is 4. The van der Waals surface area contributed by atoms with Crippen LogP contribution in [0.1, 0.15) is 20.3 Å². The first-order valence-electron chi connectivity index (χ1n) is 7.07. The zero-order valence-electron chi connectivity index (χ0n) is 13.2. The standard InChI is InChI=1S/C16H22ClN3O2/c1-16(2,22)12-19(3)11-15(21)20(9-5-8-18)14-7-4-6-13(17)10-14/h4,6-7,10,22H,5,9,11-12H2,1-3H3. The Morgan fingerprint density at radius 2 is 2.14 bits per heavy atom. The third-order valence-corrected chi connectivity index (χ3v) is 3.17. The maximum atomic E-state index is 12.5. The second-order valence-electron chi connectivity index (χ2n) is 5.92. The number of nitrogens with zero attached hydrogens (tertiary/aromatic N) is 3. The Bertz CT molecular complexity index is 549.